The van der Waals surface area contributed by atoms with Crippen LogP contribution in [0.25, 0.3) is 0 Å². The van der Waals surface area contributed by atoms with E-state index in [0.29, 0.717) is 24.3 Å². The number of hydrogen-bond acceptors (Lipinski definition) is 3. The first-order chi connectivity index (χ1) is 8.66. The molecule has 0 bridgehead atoms. The maximum Gasteiger partial charge on any atom is 0.256 e. The van der Waals surface area contributed by atoms with E-state index in [1.165, 1.54) is 0 Å². The van der Waals surface area contributed by atoms with Gasteiger partial charge in [-0.1, -0.05) is 11.6 Å². The van der Waals surface area contributed by atoms with Crippen LogP contribution in [0.5, 0.6) is 0 Å². The maximum absolute atomic E-state index is 12.5. The monoisotopic (exact) mass is 245 g/mol. The van der Waals surface area contributed by atoms with Crippen molar-refractivity contribution in [3.63, 3.8) is 0 Å². The zero-order chi connectivity index (χ0) is 12.7. The van der Waals surface area contributed by atoms with Crippen molar-refractivity contribution in [3.8, 4) is 0 Å². The lowest BCUT2D eigenvalue weighted by atomic mass is 10.1. The summed E-state index contributed by atoms with van der Waals surface area (Å²) in [6, 6.07) is 5.13. The molecule has 1 fully saturated rings. The lowest BCUT2D eigenvalue weighted by Crippen LogP contribution is -2.57. The number of anilines is 1. The Hall–Kier alpha value is -1.88. The molecule has 94 valence electrons. The zero-order valence-corrected chi connectivity index (χ0v) is 10.2. The highest BCUT2D eigenvalue weighted by atomic mass is 16.2. The van der Waals surface area contributed by atoms with E-state index < -0.39 is 6.04 Å². The van der Waals surface area contributed by atoms with Gasteiger partial charge in [0, 0.05) is 19.6 Å². The van der Waals surface area contributed by atoms with Gasteiger partial charge in [-0.3, -0.25) is 9.59 Å². The number of hydrogen-bond donors (Lipinski definition) is 2. The third kappa shape index (κ3) is 1.67. The van der Waals surface area contributed by atoms with Gasteiger partial charge in [0.2, 0.25) is 5.91 Å². The molecule has 1 aromatic rings. The van der Waals surface area contributed by atoms with E-state index >= 15 is 0 Å². The van der Waals surface area contributed by atoms with Crippen LogP contribution in [0.15, 0.2) is 18.2 Å². The molecule has 18 heavy (non-hydrogen) atoms. The third-order valence-electron chi connectivity index (χ3n) is 3.47. The molecule has 3 rings (SSSR count). The minimum atomic E-state index is -0.404. The summed E-state index contributed by atoms with van der Waals surface area (Å²) >= 11 is 0. The molecule has 1 unspecified atom stereocenters. The van der Waals surface area contributed by atoms with Gasteiger partial charge in [-0.05, 0) is 19.1 Å². The Labute approximate surface area is 105 Å². The van der Waals surface area contributed by atoms with E-state index in [1.54, 1.807) is 11.0 Å². The molecule has 0 aliphatic carbocycles. The minimum absolute atomic E-state index is 0.0569. The van der Waals surface area contributed by atoms with E-state index in [-0.39, 0.29) is 11.8 Å². The Morgan fingerprint density at radius 2 is 2.17 bits per heavy atom. The molecule has 0 spiro atoms. The van der Waals surface area contributed by atoms with Crippen LogP contribution in [0.1, 0.15) is 15.9 Å². The van der Waals surface area contributed by atoms with Crippen molar-refractivity contribution < 1.29 is 9.59 Å². The summed E-state index contributed by atoms with van der Waals surface area (Å²) in [5, 5.41) is 5.98. The fourth-order valence-corrected chi connectivity index (χ4v) is 2.50. The Bertz CT molecular complexity index is 527. The first kappa shape index (κ1) is 11.2. The molecule has 2 aliphatic rings. The van der Waals surface area contributed by atoms with Crippen molar-refractivity contribution in [2.45, 2.75) is 13.0 Å². The van der Waals surface area contributed by atoms with Gasteiger partial charge in [-0.25, -0.2) is 0 Å². The maximum atomic E-state index is 12.5. The standard InChI is InChI=1S/C13H15N3O2/c1-8-2-3-10-9(6-8)13(18)16-5-4-14-7-11(16)12(17)15-10/h2-3,6,11,14H,4-5,7H2,1H3,(H,15,17). The Morgan fingerprint density at radius 3 is 3.00 bits per heavy atom. The smallest absolute Gasteiger partial charge is 0.256 e. The first-order valence-corrected chi connectivity index (χ1v) is 6.10. The highest BCUT2D eigenvalue weighted by molar-refractivity contribution is 6.10. The fraction of sp³-hybridized carbons (Fsp3) is 0.385. The van der Waals surface area contributed by atoms with Crippen LogP contribution in [0.2, 0.25) is 0 Å². The number of carbonyl (C=O) groups is 2. The summed E-state index contributed by atoms with van der Waals surface area (Å²) in [7, 11) is 0. The number of nitrogens with zero attached hydrogens (tertiary/aromatic N) is 1. The molecule has 5 heteroatoms. The predicted octanol–water partition coefficient (Wildman–Crippen LogP) is 0.361. The van der Waals surface area contributed by atoms with Crippen LogP contribution in [0.4, 0.5) is 5.69 Å². The molecule has 1 saturated heterocycles. The van der Waals surface area contributed by atoms with E-state index in [2.05, 4.69) is 10.6 Å². The molecule has 2 amide bonds. The van der Waals surface area contributed by atoms with Gasteiger partial charge in [0.15, 0.2) is 0 Å². The Morgan fingerprint density at radius 1 is 1.33 bits per heavy atom. The number of nitrogens with one attached hydrogen (secondary N) is 2. The largest absolute Gasteiger partial charge is 0.324 e. The number of rotatable bonds is 0. The molecule has 2 N–H and O–H groups in total. The van der Waals surface area contributed by atoms with E-state index in [1.807, 2.05) is 19.1 Å². The van der Waals surface area contributed by atoms with Crippen LogP contribution >= 0.6 is 0 Å². The summed E-state index contributed by atoms with van der Waals surface area (Å²) in [6.45, 7) is 3.76. The highest BCUT2D eigenvalue weighted by Crippen LogP contribution is 2.24. The van der Waals surface area contributed by atoms with Gasteiger partial charge >= 0.3 is 0 Å². The van der Waals surface area contributed by atoms with Crippen molar-refractivity contribution in [2.75, 3.05) is 25.0 Å². The quantitative estimate of drug-likeness (QED) is 0.694. The van der Waals surface area contributed by atoms with Gasteiger partial charge in [-0.2, -0.15) is 0 Å². The molecular formula is C13H15N3O2. The second kappa shape index (κ2) is 4.10. The second-order valence-electron chi connectivity index (χ2n) is 4.76. The summed E-state index contributed by atoms with van der Waals surface area (Å²) in [5.74, 6) is -0.170. The van der Waals surface area contributed by atoms with Crippen molar-refractivity contribution >= 4 is 17.5 Å². The number of carbonyl (C=O) groups excluding carboxylic acids is 2. The normalized spacial score (nSPS) is 22.9. The molecule has 0 aromatic heterocycles. The third-order valence-corrected chi connectivity index (χ3v) is 3.47. The number of amides is 2. The van der Waals surface area contributed by atoms with Gasteiger partial charge in [0.25, 0.3) is 5.91 Å². The SMILES string of the molecule is Cc1ccc2c(c1)C(=O)N1CCNCC1C(=O)N2. The molecule has 2 aliphatic heterocycles. The summed E-state index contributed by atoms with van der Waals surface area (Å²) in [5.41, 5.74) is 2.22. The topological polar surface area (TPSA) is 61.4 Å². The van der Waals surface area contributed by atoms with E-state index in [4.69, 9.17) is 0 Å². The lowest BCUT2D eigenvalue weighted by molar-refractivity contribution is -0.120. The van der Waals surface area contributed by atoms with Gasteiger partial charge in [0.1, 0.15) is 6.04 Å². The van der Waals surface area contributed by atoms with Crippen LogP contribution < -0.4 is 10.6 Å². The second-order valence-corrected chi connectivity index (χ2v) is 4.76. The Kier molecular flexibility index (Phi) is 2.56. The van der Waals surface area contributed by atoms with Crippen LogP contribution in [0.3, 0.4) is 0 Å². The van der Waals surface area contributed by atoms with Gasteiger partial charge in [0.05, 0.1) is 11.3 Å². The fourth-order valence-electron chi connectivity index (χ4n) is 2.50. The summed E-state index contributed by atoms with van der Waals surface area (Å²) in [6.07, 6.45) is 0. The highest BCUT2D eigenvalue weighted by Gasteiger charge is 2.36. The van der Waals surface area contributed by atoms with Crippen LogP contribution in [0, 0.1) is 6.92 Å². The van der Waals surface area contributed by atoms with Crippen LogP contribution in [-0.2, 0) is 4.79 Å². The number of fused-ring (bicyclic) bond motifs is 2. The molecular weight excluding hydrogens is 230 g/mol. The lowest BCUT2D eigenvalue weighted by Gasteiger charge is -2.33. The predicted molar refractivity (Wildman–Crippen MR) is 67.5 cm³/mol. The molecule has 1 atom stereocenters. The first-order valence-electron chi connectivity index (χ1n) is 6.10. The van der Waals surface area contributed by atoms with Crippen molar-refractivity contribution in [3.05, 3.63) is 29.3 Å². The molecule has 0 saturated carbocycles. The van der Waals surface area contributed by atoms with E-state index in [9.17, 15) is 9.59 Å². The van der Waals surface area contributed by atoms with Crippen molar-refractivity contribution in [2.24, 2.45) is 0 Å². The average molecular weight is 245 g/mol. The Balaban J connectivity index is 2.09. The number of piperazine rings is 1. The molecule has 0 radical (unpaired) electrons. The zero-order valence-electron chi connectivity index (χ0n) is 10.2. The van der Waals surface area contributed by atoms with E-state index in [0.717, 1.165) is 12.1 Å². The summed E-state index contributed by atoms with van der Waals surface area (Å²) in [4.78, 5) is 26.2. The van der Waals surface area contributed by atoms with Gasteiger partial charge in [-0.15, -0.1) is 0 Å². The number of benzene rings is 1. The minimum Gasteiger partial charge on any atom is -0.324 e. The molecule has 2 heterocycles. The molecule has 5 nitrogen and oxygen atoms in total. The number of aryl methyl sites for hydroxylation is 1. The van der Waals surface area contributed by atoms with Crippen molar-refractivity contribution in [1.29, 1.82) is 0 Å². The van der Waals surface area contributed by atoms with Crippen LogP contribution in [-0.4, -0.2) is 42.4 Å². The van der Waals surface area contributed by atoms with Crippen molar-refractivity contribution in [1.82, 2.24) is 10.2 Å². The average Bonchev–Trinajstić information content (AvgIpc) is 2.48. The summed E-state index contributed by atoms with van der Waals surface area (Å²) < 4.78 is 0. The van der Waals surface area contributed by atoms with Gasteiger partial charge < -0.3 is 15.5 Å². The molecule has 1 aromatic carbocycles.